The van der Waals surface area contributed by atoms with E-state index < -0.39 is 0 Å². The first-order chi connectivity index (χ1) is 11.0. The van der Waals surface area contributed by atoms with Gasteiger partial charge < -0.3 is 10.2 Å². The zero-order valence-corrected chi connectivity index (χ0v) is 14.2. The van der Waals surface area contributed by atoms with E-state index in [0.29, 0.717) is 12.2 Å². The molecule has 1 aliphatic heterocycles. The molecule has 1 aliphatic rings. The first-order valence-electron chi connectivity index (χ1n) is 7.32. The zero-order valence-electron chi connectivity index (χ0n) is 12.6. The number of carbonyl (C=O) groups is 2. The number of anilines is 2. The second kappa shape index (κ2) is 6.50. The predicted molar refractivity (Wildman–Crippen MR) is 92.2 cm³/mol. The summed E-state index contributed by atoms with van der Waals surface area (Å²) in [5.74, 6) is -0.512. The fourth-order valence-electron chi connectivity index (χ4n) is 2.61. The average Bonchev–Trinajstić information content (AvgIpc) is 2.93. The Morgan fingerprint density at radius 1 is 1.30 bits per heavy atom. The lowest BCUT2D eigenvalue weighted by Crippen LogP contribution is -2.28. The summed E-state index contributed by atoms with van der Waals surface area (Å²) in [7, 11) is 0. The van der Waals surface area contributed by atoms with Gasteiger partial charge in [-0.2, -0.15) is 0 Å². The molecular formula is C17H16BrN3O2. The summed E-state index contributed by atoms with van der Waals surface area (Å²) in [6.45, 7) is 2.37. The molecule has 1 saturated heterocycles. The number of nitrogens with one attached hydrogen (secondary N) is 1. The minimum atomic E-state index is -0.348. The molecule has 0 saturated carbocycles. The van der Waals surface area contributed by atoms with Crippen LogP contribution in [0.15, 0.2) is 47.2 Å². The van der Waals surface area contributed by atoms with E-state index in [0.717, 1.165) is 15.7 Å². The first-order valence-corrected chi connectivity index (χ1v) is 8.11. The van der Waals surface area contributed by atoms with Crippen LogP contribution in [0.1, 0.15) is 12.0 Å². The number of aryl methyl sites for hydroxylation is 1. The van der Waals surface area contributed by atoms with E-state index in [1.165, 1.54) is 0 Å². The van der Waals surface area contributed by atoms with Crippen molar-refractivity contribution >= 4 is 39.1 Å². The summed E-state index contributed by atoms with van der Waals surface area (Å²) in [4.78, 5) is 30.2. The third kappa shape index (κ3) is 3.42. The third-order valence-corrected chi connectivity index (χ3v) is 4.79. The minimum Gasteiger partial charge on any atom is -0.326 e. The summed E-state index contributed by atoms with van der Waals surface area (Å²) in [5.41, 5.74) is 2.57. The van der Waals surface area contributed by atoms with Crippen LogP contribution in [0.2, 0.25) is 0 Å². The van der Waals surface area contributed by atoms with E-state index in [-0.39, 0.29) is 24.2 Å². The molecule has 2 amide bonds. The molecule has 118 valence electrons. The van der Waals surface area contributed by atoms with Gasteiger partial charge in [0.05, 0.1) is 5.92 Å². The molecule has 5 nitrogen and oxygen atoms in total. The first kappa shape index (κ1) is 15.7. The molecule has 0 bridgehead atoms. The highest BCUT2D eigenvalue weighted by Crippen LogP contribution is 2.29. The predicted octanol–water partition coefficient (Wildman–Crippen LogP) is 3.14. The van der Waals surface area contributed by atoms with E-state index in [1.807, 2.05) is 25.1 Å². The number of hydrogen-bond acceptors (Lipinski definition) is 3. The van der Waals surface area contributed by atoms with Gasteiger partial charge in [0, 0.05) is 41.2 Å². The highest BCUT2D eigenvalue weighted by Gasteiger charge is 2.35. The zero-order chi connectivity index (χ0) is 16.4. The molecule has 6 heteroatoms. The maximum atomic E-state index is 12.3. The topological polar surface area (TPSA) is 62.3 Å². The molecule has 0 unspecified atom stereocenters. The monoisotopic (exact) mass is 373 g/mol. The van der Waals surface area contributed by atoms with Gasteiger partial charge in [-0.25, -0.2) is 0 Å². The van der Waals surface area contributed by atoms with Gasteiger partial charge in [0.1, 0.15) is 0 Å². The molecule has 0 radical (unpaired) electrons. The quantitative estimate of drug-likeness (QED) is 0.898. The van der Waals surface area contributed by atoms with Crippen LogP contribution in [0.5, 0.6) is 0 Å². The second-order valence-electron chi connectivity index (χ2n) is 5.56. The van der Waals surface area contributed by atoms with E-state index in [2.05, 4.69) is 26.2 Å². The number of pyridine rings is 1. The molecule has 2 heterocycles. The van der Waals surface area contributed by atoms with Crippen molar-refractivity contribution in [1.29, 1.82) is 0 Å². The molecule has 1 aromatic heterocycles. The normalized spacial score (nSPS) is 17.4. The van der Waals surface area contributed by atoms with Gasteiger partial charge in [0.15, 0.2) is 0 Å². The van der Waals surface area contributed by atoms with Crippen LogP contribution in [-0.2, 0) is 9.59 Å². The van der Waals surface area contributed by atoms with Crippen LogP contribution < -0.4 is 10.2 Å². The number of hydrogen-bond donors (Lipinski definition) is 1. The lowest BCUT2D eigenvalue weighted by Gasteiger charge is -2.17. The van der Waals surface area contributed by atoms with Crippen molar-refractivity contribution < 1.29 is 9.59 Å². The molecule has 1 aromatic carbocycles. The Bertz CT molecular complexity index is 749. The molecule has 1 atom stereocenters. The fraction of sp³-hybridized carbons (Fsp3) is 0.235. The maximum Gasteiger partial charge on any atom is 0.229 e. The van der Waals surface area contributed by atoms with E-state index >= 15 is 0 Å². The third-order valence-electron chi connectivity index (χ3n) is 3.90. The van der Waals surface area contributed by atoms with Gasteiger partial charge in [-0.05, 0) is 42.8 Å². The number of aromatic nitrogens is 1. The van der Waals surface area contributed by atoms with Crippen LogP contribution >= 0.6 is 15.9 Å². The lowest BCUT2D eigenvalue weighted by atomic mass is 10.1. The van der Waals surface area contributed by atoms with Crippen molar-refractivity contribution in [3.63, 3.8) is 0 Å². The number of nitrogens with zero attached hydrogens (tertiary/aromatic N) is 2. The minimum absolute atomic E-state index is 0.0263. The molecule has 0 spiro atoms. The van der Waals surface area contributed by atoms with Crippen LogP contribution in [-0.4, -0.2) is 23.3 Å². The van der Waals surface area contributed by atoms with Crippen molar-refractivity contribution in [2.45, 2.75) is 13.3 Å². The summed E-state index contributed by atoms with van der Waals surface area (Å²) in [6.07, 6.45) is 3.46. The van der Waals surface area contributed by atoms with Gasteiger partial charge in [-0.3, -0.25) is 14.6 Å². The molecule has 1 N–H and O–H groups in total. The van der Waals surface area contributed by atoms with Crippen molar-refractivity contribution in [3.05, 3.63) is 52.8 Å². The standard InChI is InChI=1S/C17H16BrN3O2/c1-11-8-14(2-3-15(11)18)21-10-12(9-16(21)22)17(23)20-13-4-6-19-7-5-13/h2-8,12H,9-10H2,1H3,(H,19,20,23)/t12-/m1/s1. The molecule has 23 heavy (non-hydrogen) atoms. The molecule has 1 fully saturated rings. The largest absolute Gasteiger partial charge is 0.326 e. The highest BCUT2D eigenvalue weighted by molar-refractivity contribution is 9.10. The average molecular weight is 374 g/mol. The maximum absolute atomic E-state index is 12.3. The summed E-state index contributed by atoms with van der Waals surface area (Å²) >= 11 is 3.45. The van der Waals surface area contributed by atoms with E-state index in [4.69, 9.17) is 0 Å². The van der Waals surface area contributed by atoms with Gasteiger partial charge in [-0.15, -0.1) is 0 Å². The van der Waals surface area contributed by atoms with Crippen LogP contribution in [0.25, 0.3) is 0 Å². The number of amides is 2. The van der Waals surface area contributed by atoms with Crippen LogP contribution in [0, 0.1) is 12.8 Å². The lowest BCUT2D eigenvalue weighted by molar-refractivity contribution is -0.122. The van der Waals surface area contributed by atoms with Gasteiger partial charge in [0.2, 0.25) is 11.8 Å². The molecule has 2 aromatic rings. The Hall–Kier alpha value is -2.21. The number of halogens is 1. The van der Waals surface area contributed by atoms with Crippen molar-refractivity contribution in [2.24, 2.45) is 5.92 Å². The number of carbonyl (C=O) groups excluding carboxylic acids is 2. The Labute approximate surface area is 142 Å². The summed E-state index contributed by atoms with van der Waals surface area (Å²) in [5, 5.41) is 2.83. The molecule has 0 aliphatic carbocycles. The number of benzene rings is 1. The van der Waals surface area contributed by atoms with Crippen LogP contribution in [0.3, 0.4) is 0 Å². The Morgan fingerprint density at radius 3 is 2.74 bits per heavy atom. The Morgan fingerprint density at radius 2 is 2.04 bits per heavy atom. The van der Waals surface area contributed by atoms with Crippen molar-refractivity contribution in [3.8, 4) is 0 Å². The van der Waals surface area contributed by atoms with Gasteiger partial charge in [-0.1, -0.05) is 15.9 Å². The SMILES string of the molecule is Cc1cc(N2C[C@H](C(=O)Nc3ccncc3)CC2=O)ccc1Br. The number of rotatable bonds is 3. The Kier molecular flexibility index (Phi) is 4.43. The Balaban J connectivity index is 1.71. The summed E-state index contributed by atoms with van der Waals surface area (Å²) in [6, 6.07) is 9.21. The second-order valence-corrected chi connectivity index (χ2v) is 6.42. The van der Waals surface area contributed by atoms with Gasteiger partial charge in [0.25, 0.3) is 0 Å². The van der Waals surface area contributed by atoms with Crippen molar-refractivity contribution in [1.82, 2.24) is 4.98 Å². The van der Waals surface area contributed by atoms with E-state index in [1.54, 1.807) is 29.4 Å². The smallest absolute Gasteiger partial charge is 0.229 e. The highest BCUT2D eigenvalue weighted by atomic mass is 79.9. The van der Waals surface area contributed by atoms with E-state index in [9.17, 15) is 9.59 Å². The van der Waals surface area contributed by atoms with Crippen molar-refractivity contribution in [2.75, 3.05) is 16.8 Å². The van der Waals surface area contributed by atoms with Gasteiger partial charge >= 0.3 is 0 Å². The summed E-state index contributed by atoms with van der Waals surface area (Å²) < 4.78 is 1.000. The molecular weight excluding hydrogens is 358 g/mol. The molecule has 3 rings (SSSR count). The van der Waals surface area contributed by atoms with Crippen LogP contribution in [0.4, 0.5) is 11.4 Å². The fourth-order valence-corrected chi connectivity index (χ4v) is 2.86.